The number of aliphatic carboxylic acids is 1. The monoisotopic (exact) mass is 1010 g/mol. The molecule has 2 aromatic heterocycles. The number of H-pyrrole nitrogens is 1. The number of nitrogens with one attached hydrogen (secondary N) is 2. The molecule has 15 atom stereocenters. The number of esters is 1. The van der Waals surface area contributed by atoms with E-state index in [0.717, 1.165) is 43.1 Å². The molecule has 0 bridgehead atoms. The van der Waals surface area contributed by atoms with Gasteiger partial charge in [0.25, 0.3) is 5.69 Å². The van der Waals surface area contributed by atoms with Crippen LogP contribution in [-0.2, 0) is 57.5 Å². The van der Waals surface area contributed by atoms with Crippen molar-refractivity contribution in [3.05, 3.63) is 87.9 Å². The number of rotatable bonds is 19. The number of aromatic nitrogens is 4. The van der Waals surface area contributed by atoms with E-state index >= 15 is 0 Å². The fourth-order valence-corrected chi connectivity index (χ4v) is 10.4. The molecule has 8 N–H and O–H groups in total. The van der Waals surface area contributed by atoms with Gasteiger partial charge in [-0.3, -0.25) is 19.6 Å². The first-order chi connectivity index (χ1) is 34.6. The molecule has 23 heteroatoms. The lowest BCUT2D eigenvalue weighted by atomic mass is 9.77. The lowest BCUT2D eigenvalue weighted by Gasteiger charge is -2.48. The molecule has 4 fully saturated rings. The summed E-state index contributed by atoms with van der Waals surface area (Å²) in [5.74, 6) is -3.89. The van der Waals surface area contributed by atoms with Crippen LogP contribution in [0.2, 0.25) is 0 Å². The first-order valence-electron chi connectivity index (χ1n) is 24.6. The van der Waals surface area contributed by atoms with Crippen LogP contribution in [0, 0.1) is 27.9 Å². The smallest absolute Gasteiger partial charge is 0.338 e. The molecule has 23 nitrogen and oxygen atoms in total. The topological polar surface area (TPSA) is 330 Å². The largest absolute Gasteiger partial charge is 0.479 e. The number of aliphatic hydroxyl groups excluding tert-OH is 5. The third-order valence-corrected chi connectivity index (χ3v) is 14.4. The Kier molecular flexibility index (Phi) is 17.3. The number of aliphatic hydroxyl groups is 5. The number of ether oxygens (including phenoxy) is 6. The molecule has 0 unspecified atom stereocenters. The van der Waals surface area contributed by atoms with Crippen molar-refractivity contribution in [2.75, 3.05) is 6.61 Å². The van der Waals surface area contributed by atoms with Gasteiger partial charge in [0.1, 0.15) is 42.3 Å². The van der Waals surface area contributed by atoms with E-state index in [4.69, 9.17) is 28.4 Å². The standard InChI is InChI=1S/C49H64N6O17/c1-25-17-30(45(61)51-22-31-23-54(53-52-31)16-15-29-21-50-34-20-32(55(65)66)13-14-33(29)34)19-35(42(25)72-48-41(60)40(59)38(57)26(2)67-48)69-49-44(71-47(64)28-11-7-4-8-12-28)43(39(58)37(24-56)70-49)68-36(46(62)63)18-27-9-5-3-6-10-27/h4,7-8,11-14,20-21,23,25-27,30,35-44,48-50,56-60H,3,5-6,9-10,15-19,22,24H2,1-2H3,(H,51,61)(H,62,63)/t25-,26-,30+,35+,36-,37+,38+,39-,40+,41-,42+,43-,44+,48-,49+/m0/s1. The Morgan fingerprint density at radius 3 is 2.42 bits per heavy atom. The summed E-state index contributed by atoms with van der Waals surface area (Å²) in [4.78, 5) is 54.7. The zero-order chi connectivity index (χ0) is 51.2. The average Bonchev–Trinajstić information content (AvgIpc) is 4.02. The predicted molar refractivity (Wildman–Crippen MR) is 249 cm³/mol. The summed E-state index contributed by atoms with van der Waals surface area (Å²) in [7, 11) is 0. The average molecular weight is 1010 g/mol. The van der Waals surface area contributed by atoms with Crippen LogP contribution in [0.5, 0.6) is 0 Å². The minimum absolute atomic E-state index is 0.00390. The highest BCUT2D eigenvalue weighted by Gasteiger charge is 2.54. The number of hydrogen-bond acceptors (Lipinski definition) is 18. The highest BCUT2D eigenvalue weighted by Crippen LogP contribution is 2.39. The first-order valence-corrected chi connectivity index (χ1v) is 24.6. The summed E-state index contributed by atoms with van der Waals surface area (Å²) in [5, 5.41) is 88.3. The number of nitro benzene ring substituents is 1. The van der Waals surface area contributed by atoms with E-state index in [2.05, 4.69) is 20.6 Å². The van der Waals surface area contributed by atoms with E-state index < -0.39 is 121 Å². The highest BCUT2D eigenvalue weighted by atomic mass is 16.7. The summed E-state index contributed by atoms with van der Waals surface area (Å²) in [5.41, 5.74) is 2.10. The van der Waals surface area contributed by atoms with Gasteiger partial charge in [0.2, 0.25) is 5.91 Å². The van der Waals surface area contributed by atoms with E-state index in [0.29, 0.717) is 24.2 Å². The van der Waals surface area contributed by atoms with Crippen LogP contribution < -0.4 is 5.32 Å². The van der Waals surface area contributed by atoms with Crippen molar-refractivity contribution in [2.45, 2.75) is 164 Å². The number of non-ortho nitro benzene ring substituents is 1. The minimum Gasteiger partial charge on any atom is -0.479 e. The second-order valence-electron chi connectivity index (χ2n) is 19.5. The van der Waals surface area contributed by atoms with Crippen molar-refractivity contribution in [3.8, 4) is 0 Å². The molecule has 0 spiro atoms. The van der Waals surface area contributed by atoms with Gasteiger partial charge in [0.05, 0.1) is 53.7 Å². The number of nitro groups is 1. The van der Waals surface area contributed by atoms with Gasteiger partial charge in [-0.15, -0.1) is 5.10 Å². The number of carboxylic acid groups (broad SMARTS) is 1. The fraction of sp³-hybridized carbons (Fsp3) is 0.612. The van der Waals surface area contributed by atoms with Crippen LogP contribution in [-0.4, -0.2) is 160 Å². The number of fused-ring (bicyclic) bond motifs is 1. The molecule has 2 aliphatic carbocycles. The number of amides is 1. The van der Waals surface area contributed by atoms with Crippen LogP contribution >= 0.6 is 0 Å². The number of benzene rings is 2. The quantitative estimate of drug-likeness (QED) is 0.0379. The number of nitrogens with zero attached hydrogens (tertiary/aromatic N) is 4. The lowest BCUT2D eigenvalue weighted by Crippen LogP contribution is -2.64. The maximum absolute atomic E-state index is 14.1. The van der Waals surface area contributed by atoms with Crippen LogP contribution in [0.15, 0.2) is 60.9 Å². The first kappa shape index (κ1) is 52.8. The number of aromatic amines is 1. The fourth-order valence-electron chi connectivity index (χ4n) is 10.4. The molecule has 2 saturated heterocycles. The van der Waals surface area contributed by atoms with E-state index in [-0.39, 0.29) is 43.0 Å². The molecule has 4 heterocycles. The van der Waals surface area contributed by atoms with Crippen molar-refractivity contribution in [2.24, 2.45) is 17.8 Å². The SMILES string of the molecule is C[C@@H]1O[C@@H](O[C@@H]2[C@@H](C)C[C@@H](C(=O)NCc3cn(CCc4c[nH]c5cc([N+](=O)[O-])ccc45)nn3)C[C@H]2O[C@@H]2O[C@H](CO)[C@H](O)[C@H](O[C@@H](CC3CCCCC3)C(=O)O)[C@H]2OC(=O)c2ccccc2)[C@@H](O)[C@H](O)[C@@H]1O. The molecule has 392 valence electrons. The Balaban J connectivity index is 1.02. The molecule has 0 radical (unpaired) electrons. The van der Waals surface area contributed by atoms with Crippen molar-refractivity contribution < 1.29 is 78.4 Å². The summed E-state index contributed by atoms with van der Waals surface area (Å²) in [6.07, 6.45) is -10.3. The van der Waals surface area contributed by atoms with Gasteiger partial charge in [-0.05, 0) is 68.2 Å². The normalized spacial score (nSPS) is 31.7. The molecule has 4 aliphatic rings. The molecule has 8 rings (SSSR count). The van der Waals surface area contributed by atoms with E-state index in [9.17, 15) is 55.1 Å². The van der Waals surface area contributed by atoms with E-state index in [1.165, 1.54) is 31.2 Å². The van der Waals surface area contributed by atoms with Gasteiger partial charge in [-0.2, -0.15) is 0 Å². The van der Waals surface area contributed by atoms with Gasteiger partial charge >= 0.3 is 11.9 Å². The number of carbonyl (C=O) groups excluding carboxylic acids is 2. The number of carboxylic acids is 1. The van der Waals surface area contributed by atoms with Crippen LogP contribution in [0.25, 0.3) is 10.9 Å². The second kappa shape index (κ2) is 23.6. The molecular formula is C49H64N6O17. The Bertz CT molecular complexity index is 2470. The van der Waals surface area contributed by atoms with E-state index in [1.54, 1.807) is 48.3 Å². The summed E-state index contributed by atoms with van der Waals surface area (Å²) < 4.78 is 39.0. The second-order valence-corrected chi connectivity index (χ2v) is 19.5. The minimum atomic E-state index is -1.72. The van der Waals surface area contributed by atoms with Gasteiger partial charge in [0, 0.05) is 36.2 Å². The molecule has 2 aliphatic heterocycles. The lowest BCUT2D eigenvalue weighted by molar-refractivity contribution is -0.384. The number of aryl methyl sites for hydroxylation is 2. The Labute approximate surface area is 413 Å². The Morgan fingerprint density at radius 2 is 1.69 bits per heavy atom. The van der Waals surface area contributed by atoms with Gasteiger partial charge in [-0.1, -0.05) is 62.4 Å². The summed E-state index contributed by atoms with van der Waals surface area (Å²) in [6, 6.07) is 12.5. The summed E-state index contributed by atoms with van der Waals surface area (Å²) >= 11 is 0. The maximum atomic E-state index is 14.1. The Hall–Kier alpha value is -5.47. The van der Waals surface area contributed by atoms with Crippen molar-refractivity contribution in [1.82, 2.24) is 25.3 Å². The number of carbonyl (C=O) groups is 3. The van der Waals surface area contributed by atoms with Crippen LogP contribution in [0.3, 0.4) is 0 Å². The Morgan fingerprint density at radius 1 is 0.931 bits per heavy atom. The van der Waals surface area contributed by atoms with Gasteiger partial charge in [-0.25, -0.2) is 9.59 Å². The molecule has 4 aromatic rings. The summed E-state index contributed by atoms with van der Waals surface area (Å²) in [6.45, 7) is 2.90. The zero-order valence-corrected chi connectivity index (χ0v) is 40.0. The molecule has 2 saturated carbocycles. The van der Waals surface area contributed by atoms with Crippen LogP contribution in [0.1, 0.15) is 86.8 Å². The third-order valence-electron chi connectivity index (χ3n) is 14.4. The van der Waals surface area contributed by atoms with Crippen LogP contribution in [0.4, 0.5) is 5.69 Å². The van der Waals surface area contributed by atoms with Gasteiger partial charge < -0.3 is 69.4 Å². The third kappa shape index (κ3) is 12.3. The van der Waals surface area contributed by atoms with Crippen molar-refractivity contribution in [1.29, 1.82) is 0 Å². The predicted octanol–water partition coefficient (Wildman–Crippen LogP) is 2.28. The van der Waals surface area contributed by atoms with E-state index in [1.807, 2.05) is 0 Å². The molecular weight excluding hydrogens is 945 g/mol. The highest BCUT2D eigenvalue weighted by molar-refractivity contribution is 5.89. The maximum Gasteiger partial charge on any atom is 0.338 e. The van der Waals surface area contributed by atoms with Crippen molar-refractivity contribution >= 4 is 34.4 Å². The van der Waals surface area contributed by atoms with Crippen molar-refractivity contribution in [3.63, 3.8) is 0 Å². The molecule has 2 aromatic carbocycles. The molecule has 1 amide bonds. The van der Waals surface area contributed by atoms with Gasteiger partial charge in [0.15, 0.2) is 24.8 Å². The number of hydrogen-bond donors (Lipinski definition) is 8. The zero-order valence-electron chi connectivity index (χ0n) is 40.0. The molecule has 72 heavy (non-hydrogen) atoms.